The zero-order chi connectivity index (χ0) is 9.02. The van der Waals surface area contributed by atoms with Gasteiger partial charge in [-0.3, -0.25) is 0 Å². The van der Waals surface area contributed by atoms with Crippen molar-refractivity contribution in [2.24, 2.45) is 0 Å². The van der Waals surface area contributed by atoms with E-state index in [-0.39, 0.29) is 0 Å². The van der Waals surface area contributed by atoms with Crippen LogP contribution < -0.4 is 0 Å². The molecule has 0 aromatic rings. The van der Waals surface area contributed by atoms with Crippen molar-refractivity contribution in [3.63, 3.8) is 0 Å². The first-order valence-corrected chi connectivity index (χ1v) is 2.85. The molecule has 0 spiro atoms. The predicted molar refractivity (Wildman–Crippen MR) is 35.4 cm³/mol. The molecule has 0 radical (unpaired) electrons. The number of aliphatic carboxylic acids is 1. The van der Waals surface area contributed by atoms with Gasteiger partial charge in [0.15, 0.2) is 0 Å². The molecule has 0 unspecified atom stereocenters. The maximum Gasteiger partial charge on any atom is 0.330 e. The Labute approximate surface area is 62.9 Å². The number of carboxylic acids is 1. The molecule has 0 atom stereocenters. The van der Waals surface area contributed by atoms with Gasteiger partial charge < -0.3 is 10.0 Å². The Bertz CT molecular complexity index is 167. The standard InChI is InChI=1S/C6H9F2NO2/c1-9(2)4(6(7)8)3-5(10)11/h3,6H,1-2H3,(H,10,11). The van der Waals surface area contributed by atoms with E-state index in [4.69, 9.17) is 5.11 Å². The van der Waals surface area contributed by atoms with E-state index in [1.807, 2.05) is 0 Å². The highest BCUT2D eigenvalue weighted by molar-refractivity contribution is 5.80. The number of halogens is 2. The minimum absolute atomic E-state index is 0.491. The summed E-state index contributed by atoms with van der Waals surface area (Å²) in [6, 6.07) is 0. The molecule has 0 aliphatic carbocycles. The summed E-state index contributed by atoms with van der Waals surface area (Å²) in [6.07, 6.45) is -2.26. The van der Waals surface area contributed by atoms with Crippen molar-refractivity contribution in [3.05, 3.63) is 11.8 Å². The number of hydrogen-bond acceptors (Lipinski definition) is 2. The zero-order valence-electron chi connectivity index (χ0n) is 6.21. The van der Waals surface area contributed by atoms with Gasteiger partial charge in [0.25, 0.3) is 6.43 Å². The van der Waals surface area contributed by atoms with Crippen LogP contribution in [0.1, 0.15) is 0 Å². The van der Waals surface area contributed by atoms with Gasteiger partial charge in [0.2, 0.25) is 0 Å². The van der Waals surface area contributed by atoms with E-state index in [0.29, 0.717) is 6.08 Å². The van der Waals surface area contributed by atoms with Crippen LogP contribution in [-0.4, -0.2) is 36.5 Å². The van der Waals surface area contributed by atoms with E-state index < -0.39 is 18.1 Å². The van der Waals surface area contributed by atoms with Gasteiger partial charge >= 0.3 is 5.97 Å². The molecule has 0 aromatic carbocycles. The maximum absolute atomic E-state index is 11.9. The Balaban J connectivity index is 4.46. The molecular formula is C6H9F2NO2. The molecule has 0 rings (SSSR count). The Morgan fingerprint density at radius 2 is 2.00 bits per heavy atom. The first kappa shape index (κ1) is 9.87. The SMILES string of the molecule is CN(C)C(=CC(=O)O)C(F)F. The van der Waals surface area contributed by atoms with Crippen LogP contribution in [0.2, 0.25) is 0 Å². The number of carbonyl (C=O) groups is 1. The van der Waals surface area contributed by atoms with E-state index in [1.165, 1.54) is 14.1 Å². The molecular weight excluding hydrogens is 156 g/mol. The first-order chi connectivity index (χ1) is 4.95. The van der Waals surface area contributed by atoms with Crippen LogP contribution in [0.4, 0.5) is 8.78 Å². The van der Waals surface area contributed by atoms with Crippen LogP contribution in [0, 0.1) is 0 Å². The van der Waals surface area contributed by atoms with Crippen molar-refractivity contribution in [2.75, 3.05) is 14.1 Å². The van der Waals surface area contributed by atoms with Gasteiger partial charge in [0.05, 0.1) is 5.70 Å². The van der Waals surface area contributed by atoms with Crippen LogP contribution >= 0.6 is 0 Å². The monoisotopic (exact) mass is 165 g/mol. The second-order valence-electron chi connectivity index (χ2n) is 2.10. The van der Waals surface area contributed by atoms with Crippen molar-refractivity contribution in [1.82, 2.24) is 4.90 Å². The largest absolute Gasteiger partial charge is 0.478 e. The molecule has 0 aromatic heterocycles. The third-order valence-electron chi connectivity index (χ3n) is 1.01. The number of nitrogens with zero attached hydrogens (tertiary/aromatic N) is 1. The Morgan fingerprint density at radius 1 is 1.55 bits per heavy atom. The van der Waals surface area contributed by atoms with Gasteiger partial charge in [0, 0.05) is 20.2 Å². The zero-order valence-corrected chi connectivity index (χ0v) is 6.21. The van der Waals surface area contributed by atoms with Crippen molar-refractivity contribution < 1.29 is 18.7 Å². The summed E-state index contributed by atoms with van der Waals surface area (Å²) in [5, 5.41) is 8.15. The lowest BCUT2D eigenvalue weighted by molar-refractivity contribution is -0.131. The van der Waals surface area contributed by atoms with E-state index in [0.717, 1.165) is 4.90 Å². The molecule has 64 valence electrons. The Kier molecular flexibility index (Phi) is 3.50. The molecule has 1 N–H and O–H groups in total. The van der Waals surface area contributed by atoms with Crippen LogP contribution in [0.15, 0.2) is 11.8 Å². The summed E-state index contributed by atoms with van der Waals surface area (Å²) in [4.78, 5) is 11.1. The summed E-state index contributed by atoms with van der Waals surface area (Å²) in [7, 11) is 2.72. The molecule has 11 heavy (non-hydrogen) atoms. The van der Waals surface area contributed by atoms with E-state index in [1.54, 1.807) is 0 Å². The Hall–Kier alpha value is -1.13. The highest BCUT2D eigenvalue weighted by Gasteiger charge is 2.14. The first-order valence-electron chi connectivity index (χ1n) is 2.85. The van der Waals surface area contributed by atoms with E-state index >= 15 is 0 Å². The van der Waals surface area contributed by atoms with Gasteiger partial charge in [-0.1, -0.05) is 0 Å². The molecule has 0 aliphatic rings. The van der Waals surface area contributed by atoms with Gasteiger partial charge in [-0.05, 0) is 0 Å². The molecule has 0 saturated carbocycles. The third-order valence-corrected chi connectivity index (χ3v) is 1.01. The molecule has 0 aliphatic heterocycles. The maximum atomic E-state index is 11.9. The minimum atomic E-state index is -2.75. The summed E-state index contributed by atoms with van der Waals surface area (Å²) in [5.74, 6) is -1.37. The fourth-order valence-corrected chi connectivity index (χ4v) is 0.514. The molecule has 3 nitrogen and oxygen atoms in total. The third kappa shape index (κ3) is 3.54. The lowest BCUT2D eigenvalue weighted by atomic mass is 10.4. The molecule has 0 fully saturated rings. The smallest absolute Gasteiger partial charge is 0.330 e. The summed E-state index contributed by atoms with van der Waals surface area (Å²) in [5.41, 5.74) is -0.502. The topological polar surface area (TPSA) is 40.5 Å². The summed E-state index contributed by atoms with van der Waals surface area (Å²) in [6.45, 7) is 0. The second kappa shape index (κ2) is 3.90. The summed E-state index contributed by atoms with van der Waals surface area (Å²) >= 11 is 0. The van der Waals surface area contributed by atoms with Crippen LogP contribution in [0.5, 0.6) is 0 Å². The van der Waals surface area contributed by atoms with Gasteiger partial charge in [-0.15, -0.1) is 0 Å². The molecule has 0 saturated heterocycles. The van der Waals surface area contributed by atoms with Crippen molar-refractivity contribution >= 4 is 5.97 Å². The molecule has 0 heterocycles. The van der Waals surface area contributed by atoms with Crippen molar-refractivity contribution in [1.29, 1.82) is 0 Å². The van der Waals surface area contributed by atoms with Crippen molar-refractivity contribution in [3.8, 4) is 0 Å². The lowest BCUT2D eigenvalue weighted by Gasteiger charge is -2.14. The number of allylic oxidation sites excluding steroid dienone is 1. The fraction of sp³-hybridized carbons (Fsp3) is 0.500. The second-order valence-corrected chi connectivity index (χ2v) is 2.10. The van der Waals surface area contributed by atoms with E-state index in [9.17, 15) is 13.6 Å². The summed E-state index contributed by atoms with van der Waals surface area (Å²) < 4.78 is 23.9. The Morgan fingerprint density at radius 3 is 2.09 bits per heavy atom. The number of alkyl halides is 2. The normalized spacial score (nSPS) is 11.9. The lowest BCUT2D eigenvalue weighted by Crippen LogP contribution is -2.18. The number of hydrogen-bond donors (Lipinski definition) is 1. The minimum Gasteiger partial charge on any atom is -0.478 e. The predicted octanol–water partition coefficient (Wildman–Crippen LogP) is 0.782. The van der Waals surface area contributed by atoms with Gasteiger partial charge in [0.1, 0.15) is 0 Å². The molecule has 0 bridgehead atoms. The van der Waals surface area contributed by atoms with Crippen LogP contribution in [0.3, 0.4) is 0 Å². The van der Waals surface area contributed by atoms with Crippen LogP contribution in [0.25, 0.3) is 0 Å². The van der Waals surface area contributed by atoms with Gasteiger partial charge in [-0.25, -0.2) is 13.6 Å². The van der Waals surface area contributed by atoms with Crippen molar-refractivity contribution in [2.45, 2.75) is 6.43 Å². The average molecular weight is 165 g/mol. The molecule has 0 amide bonds. The number of rotatable bonds is 3. The average Bonchev–Trinajstić information content (AvgIpc) is 1.81. The number of carboxylic acid groups (broad SMARTS) is 1. The molecule has 5 heteroatoms. The van der Waals surface area contributed by atoms with E-state index in [2.05, 4.69) is 0 Å². The quantitative estimate of drug-likeness (QED) is 0.628. The highest BCUT2D eigenvalue weighted by Crippen LogP contribution is 2.09. The fourth-order valence-electron chi connectivity index (χ4n) is 0.514. The highest BCUT2D eigenvalue weighted by atomic mass is 19.3. The van der Waals surface area contributed by atoms with Gasteiger partial charge in [-0.2, -0.15) is 0 Å². The van der Waals surface area contributed by atoms with Crippen LogP contribution in [-0.2, 0) is 4.79 Å².